The van der Waals surface area contributed by atoms with E-state index < -0.39 is 5.66 Å². The summed E-state index contributed by atoms with van der Waals surface area (Å²) in [5.74, 6) is 1.70. The highest BCUT2D eigenvalue weighted by Gasteiger charge is 2.36. The quantitative estimate of drug-likeness (QED) is 0.820. The van der Waals surface area contributed by atoms with E-state index in [-0.39, 0.29) is 5.96 Å². The number of hydrogen-bond acceptors (Lipinski definition) is 6. The van der Waals surface area contributed by atoms with Crippen LogP contribution < -0.4 is 16.4 Å². The summed E-state index contributed by atoms with van der Waals surface area (Å²) in [6.07, 6.45) is 1.84. The number of hydrogen-bond donors (Lipinski definition) is 2. The maximum absolute atomic E-state index is 6.11. The Labute approximate surface area is 130 Å². The highest BCUT2D eigenvalue weighted by atomic mass is 32.2. The predicted molar refractivity (Wildman–Crippen MR) is 91.9 cm³/mol. The molecule has 0 fully saturated rings. The van der Waals surface area contributed by atoms with E-state index in [1.54, 1.807) is 0 Å². The first kappa shape index (κ1) is 15.7. The highest BCUT2D eigenvalue weighted by Crippen LogP contribution is 2.32. The zero-order valence-electron chi connectivity index (χ0n) is 12.8. The third kappa shape index (κ3) is 3.32. The molecule has 1 aliphatic rings. The number of benzene rings is 1. The molecule has 0 saturated heterocycles. The number of thioether (sulfide) groups is 1. The third-order valence-corrected chi connectivity index (χ3v) is 4.32. The largest absolute Gasteiger partial charge is 0.369 e. The molecule has 1 aromatic rings. The van der Waals surface area contributed by atoms with Crippen LogP contribution in [0.2, 0.25) is 0 Å². The average molecular weight is 305 g/mol. The normalized spacial score (nSPS) is 22.0. The lowest BCUT2D eigenvalue weighted by Crippen LogP contribution is -2.55. The van der Waals surface area contributed by atoms with Crippen molar-refractivity contribution < 1.29 is 0 Å². The molecule has 0 bridgehead atoms. The van der Waals surface area contributed by atoms with Crippen LogP contribution in [0.15, 0.2) is 39.1 Å². The van der Waals surface area contributed by atoms with Gasteiger partial charge in [-0.15, -0.1) is 11.8 Å². The molecule has 0 aromatic heterocycles. The molecule has 1 heterocycles. The van der Waals surface area contributed by atoms with E-state index in [4.69, 9.17) is 11.5 Å². The van der Waals surface area contributed by atoms with Crippen LogP contribution in [-0.2, 0) is 0 Å². The minimum Gasteiger partial charge on any atom is -0.369 e. The predicted octanol–water partition coefficient (Wildman–Crippen LogP) is 2.76. The molecule has 0 radical (unpaired) electrons. The lowest BCUT2D eigenvalue weighted by molar-refractivity contribution is 0.439. The molecule has 5 nitrogen and oxygen atoms in total. The Kier molecular flexibility index (Phi) is 4.77. The van der Waals surface area contributed by atoms with Crippen LogP contribution >= 0.6 is 11.8 Å². The Balaban J connectivity index is 2.37. The van der Waals surface area contributed by atoms with Crippen molar-refractivity contribution in [1.29, 1.82) is 0 Å². The Morgan fingerprint density at radius 3 is 2.43 bits per heavy atom. The first-order chi connectivity index (χ1) is 10.00. The first-order valence-electron chi connectivity index (χ1n) is 7.22. The van der Waals surface area contributed by atoms with E-state index in [9.17, 15) is 0 Å². The summed E-state index contributed by atoms with van der Waals surface area (Å²) in [7, 11) is 0. The van der Waals surface area contributed by atoms with Gasteiger partial charge in [-0.3, -0.25) is 4.90 Å². The van der Waals surface area contributed by atoms with Crippen LogP contribution in [-0.4, -0.2) is 23.3 Å². The second-order valence-electron chi connectivity index (χ2n) is 5.17. The molecule has 114 valence electrons. The van der Waals surface area contributed by atoms with Crippen LogP contribution in [0.3, 0.4) is 0 Å². The number of guanidine groups is 2. The van der Waals surface area contributed by atoms with Gasteiger partial charge in [0.2, 0.25) is 11.9 Å². The van der Waals surface area contributed by atoms with E-state index in [2.05, 4.69) is 48.1 Å². The Bertz CT molecular complexity index is 552. The molecule has 1 atom stereocenters. The van der Waals surface area contributed by atoms with E-state index in [1.165, 1.54) is 4.90 Å². The van der Waals surface area contributed by atoms with Crippen molar-refractivity contribution >= 4 is 29.4 Å². The number of nitrogens with zero attached hydrogens (tertiary/aromatic N) is 3. The molecule has 1 aliphatic heterocycles. The van der Waals surface area contributed by atoms with Gasteiger partial charge in [-0.25, -0.2) is 4.99 Å². The molecule has 6 heteroatoms. The van der Waals surface area contributed by atoms with Crippen molar-refractivity contribution in [3.63, 3.8) is 0 Å². The number of aliphatic imine (C=N–C) groups is 2. The van der Waals surface area contributed by atoms with Crippen molar-refractivity contribution in [3.8, 4) is 0 Å². The van der Waals surface area contributed by atoms with Gasteiger partial charge in [-0.1, -0.05) is 20.3 Å². The molecular weight excluding hydrogens is 282 g/mol. The molecule has 4 N–H and O–H groups in total. The van der Waals surface area contributed by atoms with Gasteiger partial charge in [-0.05, 0) is 43.4 Å². The molecule has 1 aromatic carbocycles. The van der Waals surface area contributed by atoms with Crippen molar-refractivity contribution in [2.24, 2.45) is 21.5 Å². The summed E-state index contributed by atoms with van der Waals surface area (Å²) in [4.78, 5) is 11.8. The van der Waals surface area contributed by atoms with Gasteiger partial charge in [0.25, 0.3) is 0 Å². The van der Waals surface area contributed by atoms with Crippen LogP contribution in [0, 0.1) is 0 Å². The number of nitrogens with two attached hydrogens (primary N) is 2. The molecule has 0 spiro atoms. The Hall–Kier alpha value is -1.69. The highest BCUT2D eigenvalue weighted by molar-refractivity contribution is 7.99. The summed E-state index contributed by atoms with van der Waals surface area (Å²) in [5.41, 5.74) is 12.4. The summed E-state index contributed by atoms with van der Waals surface area (Å²) in [5, 5.41) is 0. The van der Waals surface area contributed by atoms with Gasteiger partial charge in [0.1, 0.15) is 5.66 Å². The average Bonchev–Trinajstić information content (AvgIpc) is 2.40. The monoisotopic (exact) mass is 305 g/mol. The minimum absolute atomic E-state index is 0.248. The standard InChI is InChI=1S/C15H23N5S/c1-4-10-15(3)19-13(16)18-14(17)20(15)11-6-8-12(9-7-11)21-5-2/h6-9H,4-5,10H2,1-3H3,(H4,16,17,18,19). The van der Waals surface area contributed by atoms with Gasteiger partial charge in [0, 0.05) is 10.6 Å². The van der Waals surface area contributed by atoms with Crippen LogP contribution in [0.5, 0.6) is 0 Å². The van der Waals surface area contributed by atoms with Crippen molar-refractivity contribution in [3.05, 3.63) is 24.3 Å². The van der Waals surface area contributed by atoms with Crippen molar-refractivity contribution in [1.82, 2.24) is 0 Å². The van der Waals surface area contributed by atoms with Gasteiger partial charge in [0.05, 0.1) is 0 Å². The number of anilines is 1. The second kappa shape index (κ2) is 6.39. The minimum atomic E-state index is -0.482. The summed E-state index contributed by atoms with van der Waals surface area (Å²) < 4.78 is 0. The molecule has 1 unspecified atom stereocenters. The second-order valence-corrected chi connectivity index (χ2v) is 6.51. The fourth-order valence-electron chi connectivity index (χ4n) is 2.65. The van der Waals surface area contributed by atoms with Crippen LogP contribution in [0.25, 0.3) is 0 Å². The van der Waals surface area contributed by atoms with Crippen molar-refractivity contribution in [2.75, 3.05) is 10.7 Å². The lowest BCUT2D eigenvalue weighted by atomic mass is 10.0. The zero-order valence-corrected chi connectivity index (χ0v) is 13.7. The summed E-state index contributed by atoms with van der Waals surface area (Å²) >= 11 is 1.81. The van der Waals surface area contributed by atoms with E-state index >= 15 is 0 Å². The zero-order chi connectivity index (χ0) is 15.5. The molecule has 0 amide bonds. The van der Waals surface area contributed by atoms with E-state index in [0.29, 0.717) is 5.96 Å². The first-order valence-corrected chi connectivity index (χ1v) is 8.21. The Morgan fingerprint density at radius 2 is 1.86 bits per heavy atom. The summed E-state index contributed by atoms with van der Waals surface area (Å²) in [6, 6.07) is 8.33. The van der Waals surface area contributed by atoms with Gasteiger partial charge in [-0.2, -0.15) is 4.99 Å². The SMILES string of the molecule is CCCC1(C)N=C(N)N=C(N)N1c1ccc(SCC)cc1. The number of rotatable bonds is 5. The van der Waals surface area contributed by atoms with E-state index in [1.807, 2.05) is 23.6 Å². The van der Waals surface area contributed by atoms with Gasteiger partial charge < -0.3 is 11.5 Å². The van der Waals surface area contributed by atoms with E-state index in [0.717, 1.165) is 24.3 Å². The fourth-order valence-corrected chi connectivity index (χ4v) is 3.31. The van der Waals surface area contributed by atoms with Crippen molar-refractivity contribution in [2.45, 2.75) is 44.2 Å². The van der Waals surface area contributed by atoms with Crippen LogP contribution in [0.4, 0.5) is 5.69 Å². The summed E-state index contributed by atoms with van der Waals surface area (Å²) in [6.45, 7) is 6.31. The van der Waals surface area contributed by atoms with Crippen LogP contribution in [0.1, 0.15) is 33.6 Å². The van der Waals surface area contributed by atoms with Gasteiger partial charge >= 0.3 is 0 Å². The molecular formula is C15H23N5S. The van der Waals surface area contributed by atoms with Gasteiger partial charge in [0.15, 0.2) is 0 Å². The lowest BCUT2D eigenvalue weighted by Gasteiger charge is -2.41. The maximum Gasteiger partial charge on any atom is 0.220 e. The fraction of sp³-hybridized carbons (Fsp3) is 0.467. The molecule has 0 saturated carbocycles. The molecule has 21 heavy (non-hydrogen) atoms. The smallest absolute Gasteiger partial charge is 0.220 e. The topological polar surface area (TPSA) is 80.0 Å². The Morgan fingerprint density at radius 1 is 1.19 bits per heavy atom. The maximum atomic E-state index is 6.11. The molecule has 0 aliphatic carbocycles. The molecule has 2 rings (SSSR count). The third-order valence-electron chi connectivity index (χ3n) is 3.42.